The summed E-state index contributed by atoms with van der Waals surface area (Å²) in [4.78, 5) is 2.68. The predicted molar refractivity (Wildman–Crippen MR) is 118 cm³/mol. The van der Waals surface area contributed by atoms with Gasteiger partial charge in [0.15, 0.2) is 0 Å². The van der Waals surface area contributed by atoms with Gasteiger partial charge in [0.25, 0.3) is 0 Å². The highest BCUT2D eigenvalue weighted by atomic mass is 32.2. The molecular formula is C25H26N2OS. The third-order valence-corrected chi connectivity index (χ3v) is 7.08. The van der Waals surface area contributed by atoms with Crippen LogP contribution < -0.4 is 10.9 Å². The van der Waals surface area contributed by atoms with Gasteiger partial charge in [-0.15, -0.1) is 0 Å². The summed E-state index contributed by atoms with van der Waals surface area (Å²) in [5, 5.41) is 0. The molecule has 2 aliphatic heterocycles. The molecule has 0 aromatic heterocycles. The van der Waals surface area contributed by atoms with Gasteiger partial charge in [0.05, 0.1) is 0 Å². The Bertz CT molecular complexity index is 1070. The van der Waals surface area contributed by atoms with Crippen molar-refractivity contribution in [2.75, 3.05) is 0 Å². The molecular weight excluding hydrogens is 376 g/mol. The van der Waals surface area contributed by atoms with Crippen molar-refractivity contribution in [1.82, 2.24) is 10.9 Å². The van der Waals surface area contributed by atoms with Crippen molar-refractivity contribution >= 4 is 11.8 Å². The molecule has 0 amide bonds. The number of hydrogen-bond acceptors (Lipinski definition) is 4. The van der Waals surface area contributed by atoms with Crippen LogP contribution in [0.15, 0.2) is 70.5 Å². The number of benzene rings is 3. The number of hydrazine groups is 1. The summed E-state index contributed by atoms with van der Waals surface area (Å²) in [6, 6.07) is 22.0. The molecule has 3 aromatic rings. The minimum atomic E-state index is -0.177. The molecule has 3 nitrogen and oxygen atoms in total. The normalized spacial score (nSPS) is 22.2. The molecule has 2 N–H and O–H groups in total. The number of rotatable bonds is 2. The zero-order valence-electron chi connectivity index (χ0n) is 17.2. The standard InChI is InChI=1S/C25H26N2OS/c1-15-11-16(2)13-18(12-15)24-27-26-23(28-24)17-9-10-22-20(14-17)25(3,4)19-7-5-6-8-21(19)29-22/h5-14,23-24,26-27H,1-4H3. The van der Waals surface area contributed by atoms with Crippen LogP contribution in [0.2, 0.25) is 0 Å². The summed E-state index contributed by atoms with van der Waals surface area (Å²) in [6.45, 7) is 8.87. The molecule has 1 saturated heterocycles. The Labute approximate surface area is 176 Å². The van der Waals surface area contributed by atoms with E-state index in [0.717, 1.165) is 11.1 Å². The van der Waals surface area contributed by atoms with E-state index in [-0.39, 0.29) is 17.9 Å². The van der Waals surface area contributed by atoms with Crippen molar-refractivity contribution in [1.29, 1.82) is 0 Å². The predicted octanol–water partition coefficient (Wildman–Crippen LogP) is 5.92. The van der Waals surface area contributed by atoms with Crippen molar-refractivity contribution in [2.45, 2.75) is 55.4 Å². The zero-order chi connectivity index (χ0) is 20.2. The lowest BCUT2D eigenvalue weighted by Crippen LogP contribution is -2.27. The summed E-state index contributed by atoms with van der Waals surface area (Å²) in [5.41, 5.74) is 14.2. The van der Waals surface area contributed by atoms with Crippen LogP contribution >= 0.6 is 11.8 Å². The fourth-order valence-corrected chi connectivity index (χ4v) is 5.84. The second kappa shape index (κ2) is 6.99. The molecule has 148 valence electrons. The number of nitrogens with one attached hydrogen (secondary N) is 2. The van der Waals surface area contributed by atoms with Gasteiger partial charge in [-0.1, -0.05) is 79.2 Å². The fourth-order valence-electron chi connectivity index (χ4n) is 4.46. The molecule has 2 aliphatic rings. The maximum atomic E-state index is 6.34. The molecule has 3 aromatic carbocycles. The van der Waals surface area contributed by atoms with Crippen LogP contribution in [0.5, 0.6) is 0 Å². The highest BCUT2D eigenvalue weighted by molar-refractivity contribution is 7.99. The molecule has 5 rings (SSSR count). The van der Waals surface area contributed by atoms with E-state index < -0.39 is 0 Å². The molecule has 0 radical (unpaired) electrons. The molecule has 29 heavy (non-hydrogen) atoms. The highest BCUT2D eigenvalue weighted by Gasteiger charge is 2.34. The smallest absolute Gasteiger partial charge is 0.149 e. The zero-order valence-corrected chi connectivity index (χ0v) is 18.1. The first-order valence-electron chi connectivity index (χ1n) is 10.1. The van der Waals surface area contributed by atoms with Gasteiger partial charge in [0.2, 0.25) is 0 Å². The van der Waals surface area contributed by atoms with Gasteiger partial charge in [-0.3, -0.25) is 0 Å². The summed E-state index contributed by atoms with van der Waals surface area (Å²) in [7, 11) is 0. The van der Waals surface area contributed by atoms with Crippen molar-refractivity contribution in [2.24, 2.45) is 0 Å². The number of hydrogen-bond donors (Lipinski definition) is 2. The first-order chi connectivity index (χ1) is 13.9. The lowest BCUT2D eigenvalue weighted by molar-refractivity contribution is 0.0340. The molecule has 0 bridgehead atoms. The first kappa shape index (κ1) is 18.9. The number of ether oxygens (including phenoxy) is 1. The Morgan fingerprint density at radius 1 is 0.759 bits per heavy atom. The van der Waals surface area contributed by atoms with Crippen molar-refractivity contribution in [3.8, 4) is 0 Å². The molecule has 0 spiro atoms. The quantitative estimate of drug-likeness (QED) is 0.558. The molecule has 2 atom stereocenters. The van der Waals surface area contributed by atoms with Crippen LogP contribution in [-0.4, -0.2) is 0 Å². The van der Waals surface area contributed by atoms with Crippen LogP contribution in [0.1, 0.15) is 59.7 Å². The van der Waals surface area contributed by atoms with Gasteiger partial charge >= 0.3 is 0 Å². The van der Waals surface area contributed by atoms with Gasteiger partial charge in [-0.05, 0) is 54.3 Å². The molecule has 2 heterocycles. The summed E-state index contributed by atoms with van der Waals surface area (Å²) in [5.74, 6) is 0. The average Bonchev–Trinajstić information content (AvgIpc) is 3.18. The summed E-state index contributed by atoms with van der Waals surface area (Å²) >= 11 is 1.86. The fraction of sp³-hybridized carbons (Fsp3) is 0.280. The Morgan fingerprint density at radius 3 is 2.17 bits per heavy atom. The maximum Gasteiger partial charge on any atom is 0.149 e. The Balaban J connectivity index is 1.44. The number of aryl methyl sites for hydroxylation is 2. The second-order valence-corrected chi connectivity index (χ2v) is 9.67. The van der Waals surface area contributed by atoms with Crippen LogP contribution in [0.25, 0.3) is 0 Å². The maximum absolute atomic E-state index is 6.34. The SMILES string of the molecule is Cc1cc(C)cc(C2NNC(c3ccc4c(c3)C(C)(C)c3ccccc3S4)O2)c1. The van der Waals surface area contributed by atoms with Crippen molar-refractivity contribution < 1.29 is 4.74 Å². The molecule has 1 fully saturated rings. The Hall–Kier alpha value is -2.11. The van der Waals surface area contributed by atoms with E-state index in [2.05, 4.69) is 99.2 Å². The van der Waals surface area contributed by atoms with Crippen molar-refractivity contribution in [3.63, 3.8) is 0 Å². The van der Waals surface area contributed by atoms with Gasteiger partial charge in [0, 0.05) is 15.2 Å². The van der Waals surface area contributed by atoms with Gasteiger partial charge in [-0.25, -0.2) is 10.9 Å². The topological polar surface area (TPSA) is 33.3 Å². The van der Waals surface area contributed by atoms with Crippen LogP contribution in [0, 0.1) is 13.8 Å². The van der Waals surface area contributed by atoms with E-state index in [1.165, 1.54) is 32.0 Å². The minimum Gasteiger partial charge on any atom is -0.334 e. The third-order valence-electron chi connectivity index (χ3n) is 5.92. The van der Waals surface area contributed by atoms with Crippen LogP contribution in [-0.2, 0) is 10.2 Å². The highest BCUT2D eigenvalue weighted by Crippen LogP contribution is 2.49. The third kappa shape index (κ3) is 3.30. The van der Waals surface area contributed by atoms with Crippen LogP contribution in [0.4, 0.5) is 0 Å². The van der Waals surface area contributed by atoms with E-state index >= 15 is 0 Å². The van der Waals surface area contributed by atoms with E-state index in [9.17, 15) is 0 Å². The Morgan fingerprint density at radius 2 is 1.41 bits per heavy atom. The minimum absolute atomic E-state index is 0.0354. The van der Waals surface area contributed by atoms with Gasteiger partial charge in [0.1, 0.15) is 12.5 Å². The van der Waals surface area contributed by atoms with E-state index in [1.54, 1.807) is 0 Å². The lowest BCUT2D eigenvalue weighted by Gasteiger charge is -2.35. The van der Waals surface area contributed by atoms with Crippen molar-refractivity contribution in [3.05, 3.63) is 94.0 Å². The first-order valence-corrected chi connectivity index (χ1v) is 10.9. The number of fused-ring (bicyclic) bond motifs is 2. The summed E-state index contributed by atoms with van der Waals surface area (Å²) in [6.07, 6.45) is -0.332. The van der Waals surface area contributed by atoms with E-state index in [4.69, 9.17) is 4.74 Å². The van der Waals surface area contributed by atoms with E-state index in [1.807, 2.05) is 11.8 Å². The largest absolute Gasteiger partial charge is 0.334 e. The second-order valence-electron chi connectivity index (χ2n) is 8.58. The van der Waals surface area contributed by atoms with Crippen LogP contribution in [0.3, 0.4) is 0 Å². The van der Waals surface area contributed by atoms with Gasteiger partial charge < -0.3 is 4.74 Å². The summed E-state index contributed by atoms with van der Waals surface area (Å²) < 4.78 is 6.34. The average molecular weight is 403 g/mol. The molecule has 2 unspecified atom stereocenters. The lowest BCUT2D eigenvalue weighted by atomic mass is 9.77. The monoisotopic (exact) mass is 402 g/mol. The molecule has 4 heteroatoms. The molecule has 0 aliphatic carbocycles. The molecule has 0 saturated carbocycles. The van der Waals surface area contributed by atoms with E-state index in [0.29, 0.717) is 0 Å². The van der Waals surface area contributed by atoms with Gasteiger partial charge in [-0.2, -0.15) is 0 Å². The Kier molecular flexibility index (Phi) is 4.56.